The average Bonchev–Trinajstić information content (AvgIpc) is 3.34. The van der Waals surface area contributed by atoms with Crippen molar-refractivity contribution in [1.29, 1.82) is 0 Å². The van der Waals surface area contributed by atoms with Crippen molar-refractivity contribution in [3.05, 3.63) is 96.1 Å². The number of rotatable bonds is 4. The summed E-state index contributed by atoms with van der Waals surface area (Å²) in [7, 11) is 0. The van der Waals surface area contributed by atoms with Crippen LogP contribution in [0.2, 0.25) is 0 Å². The highest BCUT2D eigenvalue weighted by Crippen LogP contribution is 2.41. The van der Waals surface area contributed by atoms with E-state index in [9.17, 15) is 9.50 Å². The third-order valence-corrected chi connectivity index (χ3v) is 6.95. The molecule has 0 amide bonds. The number of aromatic hydroxyl groups is 1. The van der Waals surface area contributed by atoms with E-state index >= 15 is 0 Å². The van der Waals surface area contributed by atoms with Crippen LogP contribution in [0.15, 0.2) is 84.1 Å². The fraction of sp³-hybridized carbons (Fsp3) is 0.133. The molecule has 6 rings (SSSR count). The number of amidine groups is 1. The molecule has 3 heterocycles. The quantitative estimate of drug-likeness (QED) is 0.285. The number of halogens is 1. The summed E-state index contributed by atoms with van der Waals surface area (Å²) in [5.74, 6) is 0.789. The molecule has 0 saturated carbocycles. The van der Waals surface area contributed by atoms with Gasteiger partial charge in [-0.25, -0.2) is 24.0 Å². The maximum absolute atomic E-state index is 14.5. The van der Waals surface area contributed by atoms with Crippen molar-refractivity contribution in [2.24, 2.45) is 4.99 Å². The van der Waals surface area contributed by atoms with Gasteiger partial charge in [0.2, 0.25) is 0 Å². The van der Waals surface area contributed by atoms with Crippen LogP contribution >= 0.6 is 0 Å². The summed E-state index contributed by atoms with van der Waals surface area (Å²) in [6.07, 6.45) is 3.41. The first-order valence-electron chi connectivity index (χ1n) is 12.6. The van der Waals surface area contributed by atoms with Gasteiger partial charge in [0.15, 0.2) is 5.65 Å². The maximum atomic E-state index is 14.5. The van der Waals surface area contributed by atoms with Gasteiger partial charge in [0.25, 0.3) is 0 Å². The lowest BCUT2D eigenvalue weighted by Crippen LogP contribution is -2.37. The number of anilines is 2. The van der Waals surface area contributed by atoms with E-state index in [-0.39, 0.29) is 11.6 Å². The number of para-hydroxylation sites is 1. The van der Waals surface area contributed by atoms with Crippen LogP contribution in [0.3, 0.4) is 0 Å². The minimum Gasteiger partial charge on any atom is -0.508 e. The predicted octanol–water partition coefficient (Wildman–Crippen LogP) is 6.40. The van der Waals surface area contributed by atoms with Gasteiger partial charge in [0, 0.05) is 11.1 Å². The minimum absolute atomic E-state index is 0.194. The van der Waals surface area contributed by atoms with Crippen LogP contribution in [0, 0.1) is 12.7 Å². The van der Waals surface area contributed by atoms with Gasteiger partial charge in [0.05, 0.1) is 22.5 Å². The van der Waals surface area contributed by atoms with E-state index in [0.29, 0.717) is 39.6 Å². The number of nitrogens with zero attached hydrogens (tertiary/aromatic N) is 6. The highest BCUT2D eigenvalue weighted by molar-refractivity contribution is 6.15. The highest BCUT2D eigenvalue weighted by atomic mass is 19.1. The van der Waals surface area contributed by atoms with Gasteiger partial charge < -0.3 is 10.8 Å². The molecular weight excluding hydrogens is 493 g/mol. The van der Waals surface area contributed by atoms with Crippen LogP contribution < -0.4 is 10.6 Å². The number of benzene rings is 3. The molecule has 9 heteroatoms. The van der Waals surface area contributed by atoms with Crippen LogP contribution in [-0.4, -0.2) is 30.7 Å². The fourth-order valence-corrected chi connectivity index (χ4v) is 5.04. The number of hydrogen-bond acceptors (Lipinski definition) is 7. The van der Waals surface area contributed by atoms with E-state index in [1.54, 1.807) is 22.9 Å². The van der Waals surface area contributed by atoms with Crippen molar-refractivity contribution >= 4 is 39.8 Å². The Morgan fingerprint density at radius 3 is 2.62 bits per heavy atom. The molecule has 8 nitrogen and oxygen atoms in total. The number of phenolic OH excluding ortho intramolecular Hbond substituents is 1. The molecule has 1 atom stereocenters. The van der Waals surface area contributed by atoms with Crippen LogP contribution in [-0.2, 0) is 0 Å². The molecule has 1 aliphatic heterocycles. The van der Waals surface area contributed by atoms with Crippen LogP contribution in [0.25, 0.3) is 28.0 Å². The first-order chi connectivity index (χ1) is 18.9. The number of aromatic nitrogens is 4. The SMILES string of the molecule is C/C=C1/c2ccccc2N=C(C(C)n2nc(-c3ccc(O)c(C)c3)c3c(N)ncnc32)N1c1cccc(F)c1. The second-order valence-electron chi connectivity index (χ2n) is 9.40. The molecule has 39 heavy (non-hydrogen) atoms. The van der Waals surface area contributed by atoms with Gasteiger partial charge in [-0.05, 0) is 68.8 Å². The van der Waals surface area contributed by atoms with Gasteiger partial charge in [-0.1, -0.05) is 30.3 Å². The molecular formula is C30H26FN7O. The number of phenols is 1. The largest absolute Gasteiger partial charge is 0.508 e. The molecule has 0 spiro atoms. The zero-order valence-electron chi connectivity index (χ0n) is 21.7. The van der Waals surface area contributed by atoms with E-state index in [1.165, 1.54) is 18.5 Å². The molecule has 0 radical (unpaired) electrons. The van der Waals surface area contributed by atoms with Gasteiger partial charge in [-0.15, -0.1) is 0 Å². The molecule has 2 aromatic heterocycles. The maximum Gasteiger partial charge on any atom is 0.164 e. The van der Waals surface area contributed by atoms with E-state index < -0.39 is 6.04 Å². The van der Waals surface area contributed by atoms with Gasteiger partial charge in [-0.3, -0.25) is 4.90 Å². The molecule has 1 unspecified atom stereocenters. The summed E-state index contributed by atoms with van der Waals surface area (Å²) in [6, 6.07) is 19.1. The highest BCUT2D eigenvalue weighted by Gasteiger charge is 2.32. The summed E-state index contributed by atoms with van der Waals surface area (Å²) in [4.78, 5) is 15.8. The van der Waals surface area contributed by atoms with Crippen LogP contribution in [0.1, 0.15) is 31.0 Å². The van der Waals surface area contributed by atoms with Gasteiger partial charge in [-0.2, -0.15) is 5.10 Å². The Labute approximate surface area is 224 Å². The zero-order chi connectivity index (χ0) is 27.3. The predicted molar refractivity (Wildman–Crippen MR) is 152 cm³/mol. The number of fused-ring (bicyclic) bond motifs is 2. The number of allylic oxidation sites excluding steroid dienone is 1. The van der Waals surface area contributed by atoms with Crippen LogP contribution in [0.4, 0.5) is 21.6 Å². The first-order valence-corrected chi connectivity index (χ1v) is 12.6. The Balaban J connectivity index is 1.59. The fourth-order valence-electron chi connectivity index (χ4n) is 5.04. The molecule has 0 saturated heterocycles. The molecule has 3 N–H and O–H groups in total. The normalized spacial score (nSPS) is 14.9. The topological polar surface area (TPSA) is 105 Å². The third-order valence-electron chi connectivity index (χ3n) is 6.95. The number of aliphatic imine (C=N–C) groups is 1. The summed E-state index contributed by atoms with van der Waals surface area (Å²) in [6.45, 7) is 5.75. The smallest absolute Gasteiger partial charge is 0.164 e. The monoisotopic (exact) mass is 519 g/mol. The molecule has 0 bridgehead atoms. The summed E-state index contributed by atoms with van der Waals surface area (Å²) in [5, 5.41) is 15.7. The molecule has 3 aromatic carbocycles. The summed E-state index contributed by atoms with van der Waals surface area (Å²) >= 11 is 0. The Kier molecular flexibility index (Phi) is 5.83. The Bertz CT molecular complexity index is 1810. The van der Waals surface area contributed by atoms with E-state index in [2.05, 4.69) is 9.97 Å². The Morgan fingerprint density at radius 2 is 1.85 bits per heavy atom. The molecule has 194 valence electrons. The zero-order valence-corrected chi connectivity index (χ0v) is 21.7. The van der Waals surface area contributed by atoms with Crippen molar-refractivity contribution in [1.82, 2.24) is 19.7 Å². The Morgan fingerprint density at radius 1 is 1.03 bits per heavy atom. The lowest BCUT2D eigenvalue weighted by molar-refractivity contribution is 0.471. The minimum atomic E-state index is -0.444. The van der Waals surface area contributed by atoms with Gasteiger partial charge >= 0.3 is 0 Å². The average molecular weight is 520 g/mol. The summed E-state index contributed by atoms with van der Waals surface area (Å²) in [5.41, 5.74) is 12.2. The lowest BCUT2D eigenvalue weighted by atomic mass is 10.0. The molecule has 0 fully saturated rings. The number of aryl methyl sites for hydroxylation is 1. The van der Waals surface area contributed by atoms with Crippen molar-refractivity contribution < 1.29 is 9.50 Å². The number of nitrogen functional groups attached to an aromatic ring is 1. The number of hydrogen-bond donors (Lipinski definition) is 2. The third kappa shape index (κ3) is 3.99. The van der Waals surface area contributed by atoms with Crippen molar-refractivity contribution in [3.63, 3.8) is 0 Å². The molecule has 1 aliphatic rings. The van der Waals surface area contributed by atoms with E-state index in [1.807, 2.05) is 68.1 Å². The van der Waals surface area contributed by atoms with Crippen molar-refractivity contribution in [3.8, 4) is 17.0 Å². The Hall–Kier alpha value is -5.05. The van der Waals surface area contributed by atoms with Crippen molar-refractivity contribution in [2.45, 2.75) is 26.8 Å². The van der Waals surface area contributed by atoms with Crippen LogP contribution in [0.5, 0.6) is 5.75 Å². The molecule has 5 aromatic rings. The van der Waals surface area contributed by atoms with Crippen molar-refractivity contribution in [2.75, 3.05) is 10.6 Å². The second-order valence-corrected chi connectivity index (χ2v) is 9.40. The molecule has 0 aliphatic carbocycles. The first kappa shape index (κ1) is 24.3. The van der Waals surface area contributed by atoms with Gasteiger partial charge in [0.1, 0.15) is 41.3 Å². The number of nitrogens with two attached hydrogens (primary N) is 1. The summed E-state index contributed by atoms with van der Waals surface area (Å²) < 4.78 is 16.2. The van der Waals surface area contributed by atoms with E-state index in [4.69, 9.17) is 15.8 Å². The van der Waals surface area contributed by atoms with E-state index in [0.717, 1.165) is 22.5 Å². The standard InChI is InChI=1S/C30H26FN7O/c1-4-24-22-10-5-6-11-23(22)35-29(37(24)21-9-7-8-20(31)15-21)18(3)38-30-26(28(32)33-16-34-30)27(36-38)19-12-13-25(39)17(2)14-19/h4-16,18,39H,1-3H3,(H2,32,33,34)/b24-4-. The lowest BCUT2D eigenvalue weighted by Gasteiger charge is -2.35. The second kappa shape index (κ2) is 9.36.